The second-order valence-electron chi connectivity index (χ2n) is 4.86. The molecule has 0 aliphatic carbocycles. The highest BCUT2D eigenvalue weighted by atomic mass is 15.3. The van der Waals surface area contributed by atoms with Crippen LogP contribution in [0.2, 0.25) is 0 Å². The molecule has 90 valence electrons. The lowest BCUT2D eigenvalue weighted by Crippen LogP contribution is -2.26. The Morgan fingerprint density at radius 1 is 1.00 bits per heavy atom. The summed E-state index contributed by atoms with van der Waals surface area (Å²) in [5.41, 5.74) is 2.33. The number of rotatable bonds is 1. The van der Waals surface area contributed by atoms with Crippen LogP contribution in [0.4, 0.5) is 5.95 Å². The predicted molar refractivity (Wildman–Crippen MR) is 71.4 cm³/mol. The van der Waals surface area contributed by atoms with E-state index in [9.17, 15) is 0 Å². The second kappa shape index (κ2) is 4.40. The van der Waals surface area contributed by atoms with Crippen molar-refractivity contribution in [3.8, 4) is 0 Å². The highest BCUT2D eigenvalue weighted by molar-refractivity contribution is 5.78. The van der Waals surface area contributed by atoms with Crippen LogP contribution in [-0.2, 0) is 7.05 Å². The van der Waals surface area contributed by atoms with Gasteiger partial charge in [0.2, 0.25) is 5.95 Å². The molecule has 0 N–H and O–H groups in total. The summed E-state index contributed by atoms with van der Waals surface area (Å²) in [5.74, 6) is 1.13. The third-order valence-corrected chi connectivity index (χ3v) is 3.65. The molecule has 17 heavy (non-hydrogen) atoms. The van der Waals surface area contributed by atoms with Crippen LogP contribution in [-0.4, -0.2) is 22.6 Å². The van der Waals surface area contributed by atoms with Crippen LogP contribution in [0.15, 0.2) is 24.3 Å². The Bertz CT molecular complexity index is 507. The molecule has 0 bridgehead atoms. The number of aryl methyl sites for hydroxylation is 1. The molecule has 3 nitrogen and oxygen atoms in total. The van der Waals surface area contributed by atoms with E-state index in [0.717, 1.165) is 24.6 Å². The molecule has 2 heterocycles. The fourth-order valence-corrected chi connectivity index (χ4v) is 2.69. The van der Waals surface area contributed by atoms with Crippen molar-refractivity contribution in [2.24, 2.45) is 7.05 Å². The fourth-order valence-electron chi connectivity index (χ4n) is 2.69. The van der Waals surface area contributed by atoms with Crippen LogP contribution in [0.25, 0.3) is 11.0 Å². The number of anilines is 1. The average molecular weight is 229 g/mol. The van der Waals surface area contributed by atoms with E-state index in [1.807, 2.05) is 0 Å². The minimum absolute atomic E-state index is 1.11. The van der Waals surface area contributed by atoms with Gasteiger partial charge >= 0.3 is 0 Å². The van der Waals surface area contributed by atoms with Crippen LogP contribution in [0, 0.1) is 0 Å². The molecular weight excluding hydrogens is 210 g/mol. The van der Waals surface area contributed by atoms with Gasteiger partial charge in [-0.25, -0.2) is 4.98 Å². The van der Waals surface area contributed by atoms with Crippen molar-refractivity contribution in [3.05, 3.63) is 24.3 Å². The number of hydrogen-bond donors (Lipinski definition) is 0. The van der Waals surface area contributed by atoms with E-state index in [2.05, 4.69) is 40.8 Å². The molecule has 0 radical (unpaired) electrons. The third kappa shape index (κ3) is 1.90. The molecule has 3 heteroatoms. The van der Waals surface area contributed by atoms with Gasteiger partial charge in [0.25, 0.3) is 0 Å². The monoisotopic (exact) mass is 229 g/mol. The number of para-hydroxylation sites is 2. The predicted octanol–water partition coefficient (Wildman–Crippen LogP) is 2.95. The lowest BCUT2D eigenvalue weighted by molar-refractivity contribution is 0.726. The molecular formula is C14H19N3. The number of hydrogen-bond acceptors (Lipinski definition) is 2. The topological polar surface area (TPSA) is 21.1 Å². The summed E-state index contributed by atoms with van der Waals surface area (Å²) < 4.78 is 2.22. The Balaban J connectivity index is 2.01. The van der Waals surface area contributed by atoms with E-state index in [0.29, 0.717) is 0 Å². The summed E-state index contributed by atoms with van der Waals surface area (Å²) in [5, 5.41) is 0. The average Bonchev–Trinajstić information content (AvgIpc) is 2.57. The van der Waals surface area contributed by atoms with Crippen LogP contribution in [0.3, 0.4) is 0 Å². The Morgan fingerprint density at radius 2 is 1.71 bits per heavy atom. The molecule has 2 aromatic rings. The zero-order chi connectivity index (χ0) is 11.7. The van der Waals surface area contributed by atoms with E-state index in [-0.39, 0.29) is 0 Å². The summed E-state index contributed by atoms with van der Waals surface area (Å²) in [6, 6.07) is 8.37. The van der Waals surface area contributed by atoms with Crippen molar-refractivity contribution >= 4 is 17.0 Å². The van der Waals surface area contributed by atoms with Gasteiger partial charge in [-0.3, -0.25) is 0 Å². The number of imidazole rings is 1. The first kappa shape index (κ1) is 10.6. The van der Waals surface area contributed by atoms with Crippen molar-refractivity contribution in [1.82, 2.24) is 9.55 Å². The van der Waals surface area contributed by atoms with E-state index in [1.165, 1.54) is 31.2 Å². The summed E-state index contributed by atoms with van der Waals surface area (Å²) >= 11 is 0. The van der Waals surface area contributed by atoms with Gasteiger partial charge in [-0.2, -0.15) is 0 Å². The van der Waals surface area contributed by atoms with Crippen LogP contribution in [0.5, 0.6) is 0 Å². The maximum atomic E-state index is 4.77. The Labute approximate surface area is 102 Å². The Morgan fingerprint density at radius 3 is 2.41 bits per heavy atom. The van der Waals surface area contributed by atoms with E-state index >= 15 is 0 Å². The largest absolute Gasteiger partial charge is 0.342 e. The summed E-state index contributed by atoms with van der Waals surface area (Å²) in [4.78, 5) is 7.20. The molecule has 0 saturated carbocycles. The molecule has 1 saturated heterocycles. The van der Waals surface area contributed by atoms with Gasteiger partial charge in [-0.05, 0) is 25.0 Å². The normalized spacial score (nSPS) is 17.4. The molecule has 1 aliphatic rings. The molecule has 3 rings (SSSR count). The fraction of sp³-hybridized carbons (Fsp3) is 0.500. The first-order chi connectivity index (χ1) is 8.36. The zero-order valence-electron chi connectivity index (χ0n) is 10.4. The smallest absolute Gasteiger partial charge is 0.206 e. The highest BCUT2D eigenvalue weighted by Crippen LogP contribution is 2.23. The minimum Gasteiger partial charge on any atom is -0.342 e. The summed E-state index contributed by atoms with van der Waals surface area (Å²) in [6.07, 6.45) is 5.31. The standard InChI is InChI=1S/C14H19N3/c1-16-13-9-5-4-8-12(13)15-14(16)17-10-6-2-3-7-11-17/h4-5,8-9H,2-3,6-7,10-11H2,1H3. The number of nitrogens with zero attached hydrogens (tertiary/aromatic N) is 3. The number of benzene rings is 1. The molecule has 0 amide bonds. The summed E-state index contributed by atoms with van der Waals surface area (Å²) in [6.45, 7) is 2.30. The van der Waals surface area contributed by atoms with Crippen molar-refractivity contribution in [3.63, 3.8) is 0 Å². The van der Waals surface area contributed by atoms with E-state index in [4.69, 9.17) is 4.98 Å². The number of fused-ring (bicyclic) bond motifs is 1. The summed E-state index contributed by atoms with van der Waals surface area (Å²) in [7, 11) is 2.12. The van der Waals surface area contributed by atoms with Crippen molar-refractivity contribution in [1.29, 1.82) is 0 Å². The lowest BCUT2D eigenvalue weighted by atomic mass is 10.2. The lowest BCUT2D eigenvalue weighted by Gasteiger charge is -2.21. The van der Waals surface area contributed by atoms with E-state index in [1.54, 1.807) is 0 Å². The Kier molecular flexibility index (Phi) is 2.75. The molecule has 1 aliphatic heterocycles. The van der Waals surface area contributed by atoms with Gasteiger partial charge in [0.05, 0.1) is 11.0 Å². The SMILES string of the molecule is Cn1c(N2CCCCCC2)nc2ccccc21. The quantitative estimate of drug-likeness (QED) is 0.749. The van der Waals surface area contributed by atoms with Crippen LogP contribution >= 0.6 is 0 Å². The minimum atomic E-state index is 1.11. The van der Waals surface area contributed by atoms with Crippen molar-refractivity contribution in [2.75, 3.05) is 18.0 Å². The van der Waals surface area contributed by atoms with Gasteiger partial charge in [-0.1, -0.05) is 25.0 Å². The van der Waals surface area contributed by atoms with Crippen molar-refractivity contribution in [2.45, 2.75) is 25.7 Å². The second-order valence-corrected chi connectivity index (χ2v) is 4.86. The molecule has 1 aromatic carbocycles. The molecule has 0 spiro atoms. The van der Waals surface area contributed by atoms with Crippen LogP contribution < -0.4 is 4.90 Å². The first-order valence-corrected chi connectivity index (χ1v) is 6.53. The van der Waals surface area contributed by atoms with Gasteiger partial charge in [0.1, 0.15) is 0 Å². The van der Waals surface area contributed by atoms with Gasteiger partial charge < -0.3 is 9.47 Å². The van der Waals surface area contributed by atoms with Crippen LogP contribution in [0.1, 0.15) is 25.7 Å². The number of aromatic nitrogens is 2. The van der Waals surface area contributed by atoms with Gasteiger partial charge in [0.15, 0.2) is 0 Å². The molecule has 0 unspecified atom stereocenters. The van der Waals surface area contributed by atoms with Gasteiger partial charge in [-0.15, -0.1) is 0 Å². The van der Waals surface area contributed by atoms with Gasteiger partial charge in [0, 0.05) is 20.1 Å². The first-order valence-electron chi connectivity index (χ1n) is 6.53. The van der Waals surface area contributed by atoms with Crippen molar-refractivity contribution < 1.29 is 0 Å². The molecule has 0 atom stereocenters. The molecule has 1 fully saturated rings. The zero-order valence-corrected chi connectivity index (χ0v) is 10.4. The maximum absolute atomic E-state index is 4.77. The third-order valence-electron chi connectivity index (χ3n) is 3.65. The maximum Gasteiger partial charge on any atom is 0.206 e. The van der Waals surface area contributed by atoms with E-state index < -0.39 is 0 Å². The highest BCUT2D eigenvalue weighted by Gasteiger charge is 2.15. The Hall–Kier alpha value is -1.51. The molecule has 1 aromatic heterocycles.